The van der Waals surface area contributed by atoms with Crippen LogP contribution in [0.3, 0.4) is 0 Å². The minimum absolute atomic E-state index is 0.0710. The summed E-state index contributed by atoms with van der Waals surface area (Å²) in [5, 5.41) is 0. The number of hydrogen-bond donors (Lipinski definition) is 0. The molecule has 24 heavy (non-hydrogen) atoms. The van der Waals surface area contributed by atoms with E-state index in [1.807, 2.05) is 37.3 Å². The summed E-state index contributed by atoms with van der Waals surface area (Å²) in [6, 6.07) is 17.2. The molecule has 5 heteroatoms. The lowest BCUT2D eigenvalue weighted by atomic mass is 10.1. The minimum atomic E-state index is -3.52. The fourth-order valence-electron chi connectivity index (χ4n) is 2.52. The van der Waals surface area contributed by atoms with Crippen LogP contribution in [0.25, 0.3) is 0 Å². The van der Waals surface area contributed by atoms with Gasteiger partial charge in [-0.25, -0.2) is 8.42 Å². The average molecular weight is 347 g/mol. The molecule has 0 saturated carbocycles. The molecule has 0 aromatic heterocycles. The number of ether oxygens (including phenoxy) is 1. The lowest BCUT2D eigenvalue weighted by Gasteiger charge is -2.21. The number of sulfonamides is 1. The molecule has 0 N–H and O–H groups in total. The molecule has 2 rings (SSSR count). The number of rotatable bonds is 9. The fourth-order valence-corrected chi connectivity index (χ4v) is 3.91. The van der Waals surface area contributed by atoms with E-state index < -0.39 is 10.0 Å². The Balaban J connectivity index is 1.96. The van der Waals surface area contributed by atoms with Gasteiger partial charge in [-0.1, -0.05) is 48.0 Å². The van der Waals surface area contributed by atoms with Gasteiger partial charge in [0, 0.05) is 13.7 Å². The van der Waals surface area contributed by atoms with E-state index in [1.54, 1.807) is 12.1 Å². The molecule has 0 aliphatic rings. The molecule has 0 heterocycles. The Kier molecular flexibility index (Phi) is 6.97. The molecule has 0 spiro atoms. The molecule has 2 aromatic rings. The lowest BCUT2D eigenvalue weighted by molar-refractivity contribution is 0.116. The van der Waals surface area contributed by atoms with E-state index in [4.69, 9.17) is 4.74 Å². The van der Waals surface area contributed by atoms with Gasteiger partial charge in [0.2, 0.25) is 10.0 Å². The normalized spacial score (nSPS) is 11.8. The summed E-state index contributed by atoms with van der Waals surface area (Å²) < 4.78 is 32.0. The molecule has 4 nitrogen and oxygen atoms in total. The Morgan fingerprint density at radius 3 is 2.25 bits per heavy atom. The molecular weight excluding hydrogens is 322 g/mol. The fraction of sp³-hybridized carbons (Fsp3) is 0.368. The molecule has 0 saturated heterocycles. The monoisotopic (exact) mass is 347 g/mol. The van der Waals surface area contributed by atoms with E-state index in [1.165, 1.54) is 17.0 Å². The van der Waals surface area contributed by atoms with Crippen molar-refractivity contribution < 1.29 is 13.2 Å². The van der Waals surface area contributed by atoms with Gasteiger partial charge >= 0.3 is 0 Å². The first-order valence-electron chi connectivity index (χ1n) is 8.14. The van der Waals surface area contributed by atoms with E-state index in [9.17, 15) is 8.42 Å². The Labute approximate surface area is 145 Å². The Morgan fingerprint density at radius 2 is 1.62 bits per heavy atom. The van der Waals surface area contributed by atoms with Crippen LogP contribution in [0.2, 0.25) is 0 Å². The predicted molar refractivity (Wildman–Crippen MR) is 96.3 cm³/mol. The van der Waals surface area contributed by atoms with Crippen molar-refractivity contribution in [3.05, 3.63) is 65.7 Å². The maximum atomic E-state index is 12.7. The Hall–Kier alpha value is -1.69. The predicted octanol–water partition coefficient (Wildman–Crippen LogP) is 3.61. The number of nitrogens with zero attached hydrogens (tertiary/aromatic N) is 1. The second-order valence-corrected chi connectivity index (χ2v) is 7.79. The summed E-state index contributed by atoms with van der Waals surface area (Å²) >= 11 is 0. The molecule has 0 unspecified atom stereocenters. The van der Waals surface area contributed by atoms with E-state index in [2.05, 4.69) is 12.1 Å². The van der Waals surface area contributed by atoms with Crippen molar-refractivity contribution in [3.63, 3.8) is 0 Å². The first kappa shape index (κ1) is 18.6. The van der Waals surface area contributed by atoms with Gasteiger partial charge in [0.25, 0.3) is 0 Å². The van der Waals surface area contributed by atoms with E-state index >= 15 is 0 Å². The molecule has 0 atom stereocenters. The van der Waals surface area contributed by atoms with Crippen LogP contribution in [0.1, 0.15) is 24.0 Å². The average Bonchev–Trinajstić information content (AvgIpc) is 2.59. The molecule has 130 valence electrons. The summed E-state index contributed by atoms with van der Waals surface area (Å²) in [4.78, 5) is 0.313. The van der Waals surface area contributed by atoms with Gasteiger partial charge in [0.05, 0.1) is 4.90 Å². The molecule has 0 radical (unpaired) electrons. The molecule has 0 aliphatic heterocycles. The summed E-state index contributed by atoms with van der Waals surface area (Å²) in [6.07, 6.45) is 2.68. The van der Waals surface area contributed by atoms with Crippen LogP contribution in [0.15, 0.2) is 59.5 Å². The van der Waals surface area contributed by atoms with Gasteiger partial charge in [0.1, 0.15) is 6.73 Å². The summed E-state index contributed by atoms with van der Waals surface area (Å²) in [5.41, 5.74) is 2.31. The second-order valence-electron chi connectivity index (χ2n) is 5.85. The van der Waals surface area contributed by atoms with Gasteiger partial charge < -0.3 is 4.74 Å². The van der Waals surface area contributed by atoms with Crippen LogP contribution in [0.4, 0.5) is 0 Å². The van der Waals surface area contributed by atoms with Crippen LogP contribution in [-0.2, 0) is 21.2 Å². The molecular formula is C19H25NO3S. The standard InChI is InChI=1S/C19H25NO3S/c1-17-11-13-19(14-12-17)24(21,22)20(16-23-2)15-7-6-10-18-8-4-3-5-9-18/h3-5,8-9,11-14H,6-7,10,15-16H2,1-2H3. The van der Waals surface area contributed by atoms with Gasteiger partial charge in [-0.2, -0.15) is 4.31 Å². The molecule has 2 aromatic carbocycles. The van der Waals surface area contributed by atoms with Crippen molar-refractivity contribution in [2.75, 3.05) is 20.4 Å². The zero-order valence-corrected chi connectivity index (χ0v) is 15.1. The molecule has 0 bridgehead atoms. The SMILES string of the molecule is COCN(CCCCc1ccccc1)S(=O)(=O)c1ccc(C)cc1. The zero-order chi connectivity index (χ0) is 17.4. The molecule has 0 aliphatic carbocycles. The van der Waals surface area contributed by atoms with Crippen molar-refractivity contribution in [1.82, 2.24) is 4.31 Å². The zero-order valence-electron chi connectivity index (χ0n) is 14.3. The van der Waals surface area contributed by atoms with Crippen LogP contribution >= 0.6 is 0 Å². The Morgan fingerprint density at radius 1 is 0.958 bits per heavy atom. The number of unbranched alkanes of at least 4 members (excludes halogenated alkanes) is 1. The third-order valence-corrected chi connectivity index (χ3v) is 5.73. The smallest absolute Gasteiger partial charge is 0.245 e. The van der Waals surface area contributed by atoms with Crippen LogP contribution < -0.4 is 0 Å². The number of hydrogen-bond acceptors (Lipinski definition) is 3. The highest BCUT2D eigenvalue weighted by Gasteiger charge is 2.23. The van der Waals surface area contributed by atoms with Crippen molar-refractivity contribution in [2.45, 2.75) is 31.1 Å². The highest BCUT2D eigenvalue weighted by atomic mass is 32.2. The van der Waals surface area contributed by atoms with E-state index in [-0.39, 0.29) is 6.73 Å². The van der Waals surface area contributed by atoms with Crippen molar-refractivity contribution in [1.29, 1.82) is 0 Å². The summed E-state index contributed by atoms with van der Waals surface area (Å²) in [6.45, 7) is 2.46. The van der Waals surface area contributed by atoms with Gasteiger partial charge in [-0.05, 0) is 43.9 Å². The summed E-state index contributed by atoms with van der Waals surface area (Å²) in [7, 11) is -2.00. The highest BCUT2D eigenvalue weighted by Crippen LogP contribution is 2.17. The Bertz CT molecular complexity index is 712. The number of benzene rings is 2. The van der Waals surface area contributed by atoms with Crippen LogP contribution in [-0.4, -0.2) is 33.1 Å². The van der Waals surface area contributed by atoms with E-state index in [0.717, 1.165) is 24.8 Å². The van der Waals surface area contributed by atoms with Crippen molar-refractivity contribution in [3.8, 4) is 0 Å². The number of aryl methyl sites for hydroxylation is 2. The minimum Gasteiger partial charge on any atom is -0.368 e. The lowest BCUT2D eigenvalue weighted by Crippen LogP contribution is -2.33. The van der Waals surface area contributed by atoms with Crippen LogP contribution in [0.5, 0.6) is 0 Å². The van der Waals surface area contributed by atoms with Crippen molar-refractivity contribution >= 4 is 10.0 Å². The largest absolute Gasteiger partial charge is 0.368 e. The second kappa shape index (κ2) is 8.97. The molecule has 0 fully saturated rings. The maximum Gasteiger partial charge on any atom is 0.245 e. The first-order valence-corrected chi connectivity index (χ1v) is 9.58. The maximum absolute atomic E-state index is 12.7. The van der Waals surface area contributed by atoms with E-state index in [0.29, 0.717) is 11.4 Å². The first-order chi connectivity index (χ1) is 11.5. The number of methoxy groups -OCH3 is 1. The van der Waals surface area contributed by atoms with Crippen molar-refractivity contribution in [2.24, 2.45) is 0 Å². The third kappa shape index (κ3) is 5.16. The van der Waals surface area contributed by atoms with Crippen LogP contribution in [0, 0.1) is 6.92 Å². The highest BCUT2D eigenvalue weighted by molar-refractivity contribution is 7.89. The third-order valence-electron chi connectivity index (χ3n) is 3.90. The van der Waals surface area contributed by atoms with Gasteiger partial charge in [0.15, 0.2) is 0 Å². The topological polar surface area (TPSA) is 46.6 Å². The van der Waals surface area contributed by atoms with Gasteiger partial charge in [-0.15, -0.1) is 0 Å². The van der Waals surface area contributed by atoms with Gasteiger partial charge in [-0.3, -0.25) is 0 Å². The summed E-state index contributed by atoms with van der Waals surface area (Å²) in [5.74, 6) is 0. The quantitative estimate of drug-likeness (QED) is 0.514. The molecule has 0 amide bonds.